The van der Waals surface area contributed by atoms with Crippen LogP contribution in [0.3, 0.4) is 0 Å². The summed E-state index contributed by atoms with van der Waals surface area (Å²) in [6, 6.07) is 11.3. The number of hydrogen-bond acceptors (Lipinski definition) is 4. The summed E-state index contributed by atoms with van der Waals surface area (Å²) < 4.78 is 38.0. The molecular weight excluding hydrogens is 313 g/mol. The summed E-state index contributed by atoms with van der Waals surface area (Å²) in [5.74, 6) is 0. The highest BCUT2D eigenvalue weighted by molar-refractivity contribution is 5.63. The maximum absolute atomic E-state index is 12.7. The first-order chi connectivity index (χ1) is 10.8. The van der Waals surface area contributed by atoms with Crippen LogP contribution >= 0.6 is 0 Å². The fourth-order valence-electron chi connectivity index (χ4n) is 1.93. The van der Waals surface area contributed by atoms with Crippen LogP contribution in [0.5, 0.6) is 0 Å². The number of hydrogen-bond donors (Lipinski definition) is 0. The van der Waals surface area contributed by atoms with Gasteiger partial charge in [-0.25, -0.2) is 5.06 Å². The van der Waals surface area contributed by atoms with E-state index in [-0.39, 0.29) is 12.3 Å². The lowest BCUT2D eigenvalue weighted by molar-refractivity contribution is -0.384. The van der Waals surface area contributed by atoms with Crippen molar-refractivity contribution in [2.75, 3.05) is 12.1 Å². The molecule has 0 aromatic heterocycles. The van der Waals surface area contributed by atoms with Crippen LogP contribution in [0.4, 0.5) is 24.5 Å². The molecule has 0 bridgehead atoms. The number of nitro benzene ring substituents is 1. The molecule has 0 aliphatic carbocycles. The third-order valence-electron chi connectivity index (χ3n) is 3.11. The minimum absolute atomic E-state index is 0.0565. The summed E-state index contributed by atoms with van der Waals surface area (Å²) in [4.78, 5) is 15.5. The summed E-state index contributed by atoms with van der Waals surface area (Å²) in [5, 5.41) is 12.1. The second-order valence-corrected chi connectivity index (χ2v) is 4.71. The van der Waals surface area contributed by atoms with Crippen LogP contribution in [0.25, 0.3) is 0 Å². The molecule has 2 aromatic rings. The lowest BCUT2D eigenvalue weighted by Crippen LogP contribution is -2.19. The Morgan fingerprint density at radius 2 is 1.83 bits per heavy atom. The number of hydroxylamine groups is 1. The summed E-state index contributed by atoms with van der Waals surface area (Å²) >= 11 is 0. The van der Waals surface area contributed by atoms with E-state index in [9.17, 15) is 23.3 Å². The first-order valence-electron chi connectivity index (χ1n) is 6.55. The number of halogens is 3. The zero-order chi connectivity index (χ0) is 17.0. The van der Waals surface area contributed by atoms with Gasteiger partial charge in [-0.3, -0.25) is 15.0 Å². The molecule has 2 aromatic carbocycles. The van der Waals surface area contributed by atoms with Crippen molar-refractivity contribution in [2.45, 2.75) is 12.8 Å². The summed E-state index contributed by atoms with van der Waals surface area (Å²) in [6.07, 6.45) is -4.65. The highest BCUT2D eigenvalue weighted by atomic mass is 19.4. The number of nitro groups is 1. The van der Waals surface area contributed by atoms with E-state index < -0.39 is 22.4 Å². The zero-order valence-electron chi connectivity index (χ0n) is 12.1. The molecule has 5 nitrogen and oxygen atoms in total. The number of alkyl halides is 3. The monoisotopic (exact) mass is 326 g/mol. The zero-order valence-corrected chi connectivity index (χ0v) is 12.1. The van der Waals surface area contributed by atoms with Crippen LogP contribution in [0.15, 0.2) is 48.5 Å². The second-order valence-electron chi connectivity index (χ2n) is 4.71. The molecule has 0 saturated carbocycles. The van der Waals surface area contributed by atoms with E-state index in [0.29, 0.717) is 6.07 Å². The Morgan fingerprint density at radius 3 is 2.39 bits per heavy atom. The lowest BCUT2D eigenvalue weighted by Gasteiger charge is -2.19. The van der Waals surface area contributed by atoms with Crippen LogP contribution in [-0.2, 0) is 17.6 Å². The Balaban J connectivity index is 2.22. The number of benzene rings is 2. The van der Waals surface area contributed by atoms with E-state index in [2.05, 4.69) is 0 Å². The summed E-state index contributed by atoms with van der Waals surface area (Å²) in [7, 11) is 1.40. The molecule has 0 aliphatic rings. The summed E-state index contributed by atoms with van der Waals surface area (Å²) in [6.45, 7) is 0.134. The van der Waals surface area contributed by atoms with Crippen LogP contribution < -0.4 is 5.06 Å². The molecule has 0 fully saturated rings. The Morgan fingerprint density at radius 1 is 1.17 bits per heavy atom. The lowest BCUT2D eigenvalue weighted by atomic mass is 10.1. The predicted octanol–water partition coefficient (Wildman–Crippen LogP) is 4.18. The first kappa shape index (κ1) is 16.8. The molecule has 0 unspecified atom stereocenters. The van der Waals surface area contributed by atoms with E-state index in [4.69, 9.17) is 4.84 Å². The van der Waals surface area contributed by atoms with Crippen molar-refractivity contribution in [1.29, 1.82) is 0 Å². The Kier molecular flexibility index (Phi) is 4.85. The molecule has 0 atom stereocenters. The minimum Gasteiger partial charge on any atom is -0.269 e. The normalized spacial score (nSPS) is 11.3. The molecule has 0 saturated heterocycles. The Bertz CT molecular complexity index is 690. The SMILES string of the molecule is CN(OCc1ccccc1)c1ccc(C(F)(F)F)cc1[N+](=O)[O-]. The van der Waals surface area contributed by atoms with E-state index in [1.54, 1.807) is 24.3 Å². The van der Waals surface area contributed by atoms with Gasteiger partial charge in [0, 0.05) is 13.1 Å². The molecule has 23 heavy (non-hydrogen) atoms. The molecule has 2 rings (SSSR count). The molecule has 0 amide bonds. The standard InChI is InChI=1S/C15H13F3N2O3/c1-19(23-10-11-5-3-2-4-6-11)13-8-7-12(15(16,17)18)9-14(13)20(21)22/h2-9H,10H2,1H3. The van der Waals surface area contributed by atoms with Gasteiger partial charge in [-0.1, -0.05) is 30.3 Å². The third-order valence-corrected chi connectivity index (χ3v) is 3.11. The first-order valence-corrected chi connectivity index (χ1v) is 6.55. The van der Waals surface area contributed by atoms with Crippen molar-refractivity contribution in [3.05, 3.63) is 69.8 Å². The Labute approximate surface area is 130 Å². The molecule has 8 heteroatoms. The smallest absolute Gasteiger partial charge is 0.269 e. The maximum Gasteiger partial charge on any atom is 0.416 e. The van der Waals surface area contributed by atoms with E-state index >= 15 is 0 Å². The van der Waals surface area contributed by atoms with Gasteiger partial charge in [0.05, 0.1) is 17.1 Å². The predicted molar refractivity (Wildman–Crippen MR) is 77.7 cm³/mol. The molecular formula is C15H13F3N2O3. The van der Waals surface area contributed by atoms with Crippen LogP contribution in [-0.4, -0.2) is 12.0 Å². The van der Waals surface area contributed by atoms with Gasteiger partial charge in [-0.05, 0) is 17.7 Å². The number of anilines is 1. The highest BCUT2D eigenvalue weighted by Crippen LogP contribution is 2.36. The van der Waals surface area contributed by atoms with Crippen molar-refractivity contribution < 1.29 is 22.9 Å². The Hall–Kier alpha value is -2.61. The fraction of sp³-hybridized carbons (Fsp3) is 0.200. The van der Waals surface area contributed by atoms with Gasteiger partial charge in [0.2, 0.25) is 0 Å². The highest BCUT2D eigenvalue weighted by Gasteiger charge is 2.33. The number of rotatable bonds is 5. The maximum atomic E-state index is 12.7. The van der Waals surface area contributed by atoms with Gasteiger partial charge in [0.25, 0.3) is 5.69 Å². The molecule has 0 radical (unpaired) electrons. The number of nitrogens with zero attached hydrogens (tertiary/aromatic N) is 2. The van der Waals surface area contributed by atoms with Crippen LogP contribution in [0, 0.1) is 10.1 Å². The van der Waals surface area contributed by atoms with Gasteiger partial charge in [0.1, 0.15) is 5.69 Å². The average Bonchev–Trinajstić information content (AvgIpc) is 2.52. The fourth-order valence-corrected chi connectivity index (χ4v) is 1.93. The van der Waals surface area contributed by atoms with Crippen molar-refractivity contribution in [2.24, 2.45) is 0 Å². The van der Waals surface area contributed by atoms with Crippen molar-refractivity contribution >= 4 is 11.4 Å². The average molecular weight is 326 g/mol. The van der Waals surface area contributed by atoms with Crippen LogP contribution in [0.1, 0.15) is 11.1 Å². The van der Waals surface area contributed by atoms with Gasteiger partial charge in [0.15, 0.2) is 0 Å². The van der Waals surface area contributed by atoms with Gasteiger partial charge < -0.3 is 0 Å². The third kappa shape index (κ3) is 4.19. The minimum atomic E-state index is -4.65. The summed E-state index contributed by atoms with van der Waals surface area (Å²) in [5.41, 5.74) is -0.979. The molecule has 0 heterocycles. The van der Waals surface area contributed by atoms with Crippen molar-refractivity contribution in [1.82, 2.24) is 0 Å². The van der Waals surface area contributed by atoms with Crippen LogP contribution in [0.2, 0.25) is 0 Å². The van der Waals surface area contributed by atoms with E-state index in [1.807, 2.05) is 6.07 Å². The largest absolute Gasteiger partial charge is 0.416 e. The molecule has 122 valence electrons. The molecule has 0 N–H and O–H groups in total. The second kappa shape index (κ2) is 6.66. The molecule has 0 aliphatic heterocycles. The van der Waals surface area contributed by atoms with E-state index in [1.165, 1.54) is 7.05 Å². The molecule has 0 spiro atoms. The van der Waals surface area contributed by atoms with Gasteiger partial charge in [-0.2, -0.15) is 13.2 Å². The van der Waals surface area contributed by atoms with Crippen molar-refractivity contribution in [3.8, 4) is 0 Å². The van der Waals surface area contributed by atoms with Gasteiger partial charge >= 0.3 is 6.18 Å². The topological polar surface area (TPSA) is 55.6 Å². The van der Waals surface area contributed by atoms with E-state index in [0.717, 1.165) is 22.8 Å². The quantitative estimate of drug-likeness (QED) is 0.611. The van der Waals surface area contributed by atoms with Crippen molar-refractivity contribution in [3.63, 3.8) is 0 Å². The van der Waals surface area contributed by atoms with Gasteiger partial charge in [-0.15, -0.1) is 0 Å².